The van der Waals surface area contributed by atoms with E-state index in [1.807, 2.05) is 56.4 Å². The van der Waals surface area contributed by atoms with Gasteiger partial charge in [-0.1, -0.05) is 18.2 Å². The second kappa shape index (κ2) is 9.98. The first-order valence-corrected chi connectivity index (χ1v) is 11.7. The number of aromatic nitrogens is 4. The number of fused-ring (bicyclic) bond motifs is 1. The molecular formula is C28H27N7O2. The van der Waals surface area contributed by atoms with Crippen molar-refractivity contribution in [2.45, 2.75) is 0 Å². The van der Waals surface area contributed by atoms with Crippen molar-refractivity contribution >= 4 is 39.8 Å². The number of para-hydroxylation sites is 1. The highest BCUT2D eigenvalue weighted by Crippen LogP contribution is 2.38. The molecule has 0 aliphatic rings. The van der Waals surface area contributed by atoms with Gasteiger partial charge in [-0.15, -0.1) is 0 Å². The molecule has 0 bridgehead atoms. The molecular weight excluding hydrogens is 466 g/mol. The third-order valence-electron chi connectivity index (χ3n) is 6.07. The van der Waals surface area contributed by atoms with Crippen LogP contribution in [0.15, 0.2) is 79.4 Å². The standard InChI is InChI=1S/C28H27N7O2/c1-34(2)25-16-26(37-4)23(15-22(25)31-27(36)18-9-12-29-13-10-18)33-28-30-14-11-21(32-28)20-17-35(3)24-8-6-5-7-19(20)24/h5-17H,1-4H3,(H,31,36)(H,30,32,33). The summed E-state index contributed by atoms with van der Waals surface area (Å²) < 4.78 is 7.74. The van der Waals surface area contributed by atoms with Crippen LogP contribution in [0.5, 0.6) is 5.75 Å². The zero-order valence-electron chi connectivity index (χ0n) is 21.1. The van der Waals surface area contributed by atoms with E-state index in [-0.39, 0.29) is 5.91 Å². The molecule has 0 fully saturated rings. The van der Waals surface area contributed by atoms with Crippen LogP contribution >= 0.6 is 0 Å². The van der Waals surface area contributed by atoms with E-state index in [0.29, 0.717) is 28.6 Å². The summed E-state index contributed by atoms with van der Waals surface area (Å²) in [5.41, 5.74) is 5.47. The lowest BCUT2D eigenvalue weighted by Crippen LogP contribution is -2.17. The van der Waals surface area contributed by atoms with Gasteiger partial charge < -0.3 is 24.8 Å². The molecule has 0 saturated heterocycles. The zero-order chi connectivity index (χ0) is 25.9. The molecule has 9 nitrogen and oxygen atoms in total. The Hall–Kier alpha value is -4.92. The molecule has 0 aliphatic carbocycles. The molecule has 1 amide bonds. The number of carbonyl (C=O) groups excluding carboxylic acids is 1. The van der Waals surface area contributed by atoms with Gasteiger partial charge in [0.2, 0.25) is 5.95 Å². The third-order valence-corrected chi connectivity index (χ3v) is 6.07. The van der Waals surface area contributed by atoms with Crippen LogP contribution < -0.4 is 20.3 Å². The molecule has 0 atom stereocenters. The fourth-order valence-corrected chi connectivity index (χ4v) is 4.24. The fourth-order valence-electron chi connectivity index (χ4n) is 4.24. The van der Waals surface area contributed by atoms with Gasteiger partial charge in [-0.3, -0.25) is 9.78 Å². The van der Waals surface area contributed by atoms with Crippen LogP contribution in [-0.4, -0.2) is 46.6 Å². The van der Waals surface area contributed by atoms with Crippen LogP contribution in [0.3, 0.4) is 0 Å². The normalized spacial score (nSPS) is 10.8. The second-order valence-electron chi connectivity index (χ2n) is 8.72. The van der Waals surface area contributed by atoms with E-state index in [9.17, 15) is 4.79 Å². The highest BCUT2D eigenvalue weighted by Gasteiger charge is 2.17. The van der Waals surface area contributed by atoms with Crippen molar-refractivity contribution in [3.05, 3.63) is 84.9 Å². The Kier molecular flexibility index (Phi) is 6.42. The molecule has 0 saturated carbocycles. The van der Waals surface area contributed by atoms with Gasteiger partial charge in [0, 0.05) is 74.0 Å². The molecule has 5 aromatic rings. The van der Waals surface area contributed by atoms with Gasteiger partial charge in [-0.25, -0.2) is 9.97 Å². The Morgan fingerprint density at radius 2 is 1.78 bits per heavy atom. The van der Waals surface area contributed by atoms with E-state index in [4.69, 9.17) is 9.72 Å². The highest BCUT2D eigenvalue weighted by atomic mass is 16.5. The maximum atomic E-state index is 12.9. The molecule has 0 aliphatic heterocycles. The predicted octanol–water partition coefficient (Wildman–Crippen LogP) is 5.10. The number of nitrogens with zero attached hydrogens (tertiary/aromatic N) is 5. The first-order valence-electron chi connectivity index (χ1n) is 11.7. The summed E-state index contributed by atoms with van der Waals surface area (Å²) in [5.74, 6) is 0.758. The van der Waals surface area contributed by atoms with E-state index in [1.54, 1.807) is 37.8 Å². The number of nitrogens with one attached hydrogen (secondary N) is 2. The van der Waals surface area contributed by atoms with Gasteiger partial charge in [0.1, 0.15) is 5.75 Å². The van der Waals surface area contributed by atoms with Crippen LogP contribution in [-0.2, 0) is 7.05 Å². The van der Waals surface area contributed by atoms with Gasteiger partial charge in [0.15, 0.2) is 0 Å². The van der Waals surface area contributed by atoms with Gasteiger partial charge in [0.05, 0.1) is 29.9 Å². The number of methoxy groups -OCH3 is 1. The number of ether oxygens (including phenoxy) is 1. The van der Waals surface area contributed by atoms with E-state index in [1.165, 1.54) is 0 Å². The van der Waals surface area contributed by atoms with Crippen molar-refractivity contribution < 1.29 is 9.53 Å². The van der Waals surface area contributed by atoms with E-state index in [0.717, 1.165) is 27.8 Å². The maximum absolute atomic E-state index is 12.9. The lowest BCUT2D eigenvalue weighted by molar-refractivity contribution is 0.102. The minimum absolute atomic E-state index is 0.240. The zero-order valence-corrected chi connectivity index (χ0v) is 21.1. The van der Waals surface area contributed by atoms with Crippen LogP contribution in [0.1, 0.15) is 10.4 Å². The molecule has 2 N–H and O–H groups in total. The minimum Gasteiger partial charge on any atom is -0.494 e. The monoisotopic (exact) mass is 493 g/mol. The number of hydrogen-bond donors (Lipinski definition) is 2. The number of aryl methyl sites for hydroxylation is 1. The van der Waals surface area contributed by atoms with Crippen LogP contribution in [0.4, 0.5) is 23.0 Å². The highest BCUT2D eigenvalue weighted by molar-refractivity contribution is 6.06. The Labute approximate surface area is 214 Å². The minimum atomic E-state index is -0.240. The molecule has 0 spiro atoms. The number of hydrogen-bond acceptors (Lipinski definition) is 7. The lowest BCUT2D eigenvalue weighted by atomic mass is 10.1. The second-order valence-corrected chi connectivity index (χ2v) is 8.72. The molecule has 0 radical (unpaired) electrons. The smallest absolute Gasteiger partial charge is 0.255 e. The summed E-state index contributed by atoms with van der Waals surface area (Å²) in [7, 11) is 7.43. The van der Waals surface area contributed by atoms with Gasteiger partial charge in [0.25, 0.3) is 5.91 Å². The molecule has 9 heteroatoms. The van der Waals surface area contributed by atoms with Crippen LogP contribution in [0, 0.1) is 0 Å². The van der Waals surface area contributed by atoms with E-state index >= 15 is 0 Å². The largest absolute Gasteiger partial charge is 0.494 e. The lowest BCUT2D eigenvalue weighted by Gasteiger charge is -2.21. The Balaban J connectivity index is 1.51. The number of rotatable bonds is 7. The van der Waals surface area contributed by atoms with Crippen molar-refractivity contribution in [1.82, 2.24) is 19.5 Å². The summed E-state index contributed by atoms with van der Waals surface area (Å²) in [6.07, 6.45) is 6.96. The number of anilines is 4. The molecule has 2 aromatic carbocycles. The Bertz CT molecular complexity index is 1580. The first-order chi connectivity index (χ1) is 17.9. The summed E-state index contributed by atoms with van der Waals surface area (Å²) >= 11 is 0. The Morgan fingerprint density at radius 3 is 2.54 bits per heavy atom. The van der Waals surface area contributed by atoms with Gasteiger partial charge in [-0.05, 0) is 30.3 Å². The summed E-state index contributed by atoms with van der Waals surface area (Å²) in [4.78, 5) is 28.0. The SMILES string of the molecule is COc1cc(N(C)C)c(NC(=O)c2ccncc2)cc1Nc1nccc(-c2cn(C)c3ccccc23)n1. The van der Waals surface area contributed by atoms with Crippen molar-refractivity contribution in [1.29, 1.82) is 0 Å². The van der Waals surface area contributed by atoms with E-state index < -0.39 is 0 Å². The van der Waals surface area contributed by atoms with Crippen molar-refractivity contribution in [2.24, 2.45) is 7.05 Å². The molecule has 37 heavy (non-hydrogen) atoms. The summed E-state index contributed by atoms with van der Waals surface area (Å²) in [5, 5.41) is 7.39. The topological polar surface area (TPSA) is 97.2 Å². The third kappa shape index (κ3) is 4.79. The summed E-state index contributed by atoms with van der Waals surface area (Å²) in [6, 6.07) is 17.1. The molecule has 3 aromatic heterocycles. The maximum Gasteiger partial charge on any atom is 0.255 e. The average Bonchev–Trinajstić information content (AvgIpc) is 3.26. The van der Waals surface area contributed by atoms with Crippen molar-refractivity contribution in [2.75, 3.05) is 36.7 Å². The number of benzene rings is 2. The Morgan fingerprint density at radius 1 is 1.00 bits per heavy atom. The van der Waals surface area contributed by atoms with Crippen molar-refractivity contribution in [3.63, 3.8) is 0 Å². The van der Waals surface area contributed by atoms with Crippen molar-refractivity contribution in [3.8, 4) is 17.0 Å². The number of carbonyl (C=O) groups is 1. The first kappa shape index (κ1) is 23.8. The van der Waals surface area contributed by atoms with Crippen LogP contribution in [0.2, 0.25) is 0 Å². The quantitative estimate of drug-likeness (QED) is 0.326. The summed E-state index contributed by atoms with van der Waals surface area (Å²) in [6.45, 7) is 0. The molecule has 5 rings (SSSR count). The molecule has 0 unspecified atom stereocenters. The number of amides is 1. The number of pyridine rings is 1. The molecule has 3 heterocycles. The fraction of sp³-hybridized carbons (Fsp3) is 0.143. The predicted molar refractivity (Wildman–Crippen MR) is 147 cm³/mol. The van der Waals surface area contributed by atoms with Gasteiger partial charge in [-0.2, -0.15) is 0 Å². The van der Waals surface area contributed by atoms with E-state index in [2.05, 4.69) is 43.5 Å². The van der Waals surface area contributed by atoms with Crippen LogP contribution in [0.25, 0.3) is 22.2 Å². The molecule has 186 valence electrons. The van der Waals surface area contributed by atoms with Gasteiger partial charge >= 0.3 is 0 Å². The average molecular weight is 494 g/mol.